The molecule has 5 nitrogen and oxygen atoms in total. The van der Waals surface area contributed by atoms with E-state index in [-0.39, 0.29) is 10.8 Å². The van der Waals surface area contributed by atoms with Gasteiger partial charge in [-0.3, -0.25) is 4.79 Å². The first-order valence-electron chi connectivity index (χ1n) is 7.97. The number of hydrogen-bond acceptors (Lipinski definition) is 4. The normalized spacial score (nSPS) is 15.5. The lowest BCUT2D eigenvalue weighted by Gasteiger charge is -2.15. The average molecular weight is 364 g/mol. The molecule has 1 amide bonds. The molecule has 1 saturated heterocycles. The molecule has 1 aromatic carbocycles. The van der Waals surface area contributed by atoms with E-state index < -0.39 is 10.0 Å². The van der Waals surface area contributed by atoms with Gasteiger partial charge in [-0.1, -0.05) is 0 Å². The number of carbonyl (C=O) groups excluding carboxylic acids is 1. The minimum atomic E-state index is -3.42. The highest BCUT2D eigenvalue weighted by Crippen LogP contribution is 2.21. The smallest absolute Gasteiger partial charge is 0.251 e. The Kier molecular flexibility index (Phi) is 5.33. The summed E-state index contributed by atoms with van der Waals surface area (Å²) in [7, 11) is -3.42. The third-order valence-electron chi connectivity index (χ3n) is 4.10. The standard InChI is InChI=1S/C17H20N2O3S2/c20-17(18-9-7-14-8-12-23-13-14)15-3-5-16(6-4-15)24(21,22)19-10-1-2-11-19/h3-6,8,12-13H,1-2,7,9-11H2,(H,18,20). The summed E-state index contributed by atoms with van der Waals surface area (Å²) in [5.41, 5.74) is 1.67. The highest BCUT2D eigenvalue weighted by atomic mass is 32.2. The molecule has 1 aliphatic heterocycles. The second-order valence-corrected chi connectivity index (χ2v) is 8.49. The van der Waals surface area contributed by atoms with Crippen molar-refractivity contribution >= 4 is 27.3 Å². The second kappa shape index (κ2) is 7.46. The molecule has 0 bridgehead atoms. The molecular weight excluding hydrogens is 344 g/mol. The van der Waals surface area contributed by atoms with Gasteiger partial charge in [-0.05, 0) is 65.9 Å². The van der Waals surface area contributed by atoms with Gasteiger partial charge in [0.1, 0.15) is 0 Å². The number of thiophene rings is 1. The van der Waals surface area contributed by atoms with Crippen molar-refractivity contribution in [1.82, 2.24) is 9.62 Å². The molecule has 0 saturated carbocycles. The number of nitrogens with zero attached hydrogens (tertiary/aromatic N) is 1. The van der Waals surface area contributed by atoms with E-state index in [2.05, 4.69) is 10.7 Å². The Morgan fingerprint density at radius 1 is 1.12 bits per heavy atom. The lowest BCUT2D eigenvalue weighted by molar-refractivity contribution is 0.0954. The number of hydrogen-bond donors (Lipinski definition) is 1. The molecule has 0 radical (unpaired) electrons. The monoisotopic (exact) mass is 364 g/mol. The van der Waals surface area contributed by atoms with E-state index in [1.165, 1.54) is 22.0 Å². The van der Waals surface area contributed by atoms with Gasteiger partial charge in [-0.15, -0.1) is 0 Å². The zero-order chi connectivity index (χ0) is 17.0. The third-order valence-corrected chi connectivity index (χ3v) is 6.74. The van der Waals surface area contributed by atoms with Gasteiger partial charge in [0.05, 0.1) is 4.90 Å². The van der Waals surface area contributed by atoms with Gasteiger partial charge in [0.25, 0.3) is 5.91 Å². The van der Waals surface area contributed by atoms with E-state index in [1.807, 2.05) is 11.4 Å². The molecule has 1 N–H and O–H groups in total. The lowest BCUT2D eigenvalue weighted by atomic mass is 10.2. The highest BCUT2D eigenvalue weighted by Gasteiger charge is 2.27. The summed E-state index contributed by atoms with van der Waals surface area (Å²) in [4.78, 5) is 12.4. The number of amides is 1. The van der Waals surface area contributed by atoms with Crippen molar-refractivity contribution in [3.05, 3.63) is 52.2 Å². The molecule has 0 spiro atoms. The largest absolute Gasteiger partial charge is 0.352 e. The van der Waals surface area contributed by atoms with Gasteiger partial charge in [-0.2, -0.15) is 15.6 Å². The third kappa shape index (κ3) is 3.85. The molecular formula is C17H20N2O3S2. The first kappa shape index (κ1) is 17.1. The van der Waals surface area contributed by atoms with Crippen LogP contribution in [0.3, 0.4) is 0 Å². The summed E-state index contributed by atoms with van der Waals surface area (Å²) in [6, 6.07) is 8.21. The number of carbonyl (C=O) groups is 1. The SMILES string of the molecule is O=C(NCCc1ccsc1)c1ccc(S(=O)(=O)N2CCCC2)cc1. The molecule has 0 atom stereocenters. The van der Waals surface area contributed by atoms with Crippen LogP contribution in [-0.2, 0) is 16.4 Å². The van der Waals surface area contributed by atoms with Crippen LogP contribution in [0.25, 0.3) is 0 Å². The van der Waals surface area contributed by atoms with Gasteiger partial charge in [0.2, 0.25) is 10.0 Å². The number of nitrogens with one attached hydrogen (secondary N) is 1. The molecule has 128 valence electrons. The molecule has 3 rings (SSSR count). The fourth-order valence-corrected chi connectivity index (χ4v) is 4.93. The van der Waals surface area contributed by atoms with Gasteiger partial charge in [0, 0.05) is 25.2 Å². The Morgan fingerprint density at radius 3 is 2.46 bits per heavy atom. The summed E-state index contributed by atoms with van der Waals surface area (Å²) in [6.07, 6.45) is 2.60. The van der Waals surface area contributed by atoms with Gasteiger partial charge in [0.15, 0.2) is 0 Å². The van der Waals surface area contributed by atoms with Gasteiger partial charge >= 0.3 is 0 Å². The van der Waals surface area contributed by atoms with Crippen LogP contribution in [-0.4, -0.2) is 38.3 Å². The number of benzene rings is 1. The summed E-state index contributed by atoms with van der Waals surface area (Å²) in [5, 5.41) is 6.93. The van der Waals surface area contributed by atoms with Crippen molar-refractivity contribution in [2.45, 2.75) is 24.2 Å². The lowest BCUT2D eigenvalue weighted by Crippen LogP contribution is -2.28. The highest BCUT2D eigenvalue weighted by molar-refractivity contribution is 7.89. The zero-order valence-electron chi connectivity index (χ0n) is 13.3. The van der Waals surface area contributed by atoms with E-state index in [4.69, 9.17) is 0 Å². The quantitative estimate of drug-likeness (QED) is 0.856. The maximum Gasteiger partial charge on any atom is 0.251 e. The molecule has 0 aliphatic carbocycles. The maximum absolute atomic E-state index is 12.4. The van der Waals surface area contributed by atoms with E-state index in [1.54, 1.807) is 23.5 Å². The van der Waals surface area contributed by atoms with E-state index >= 15 is 0 Å². The molecule has 2 aromatic rings. The fourth-order valence-electron chi connectivity index (χ4n) is 2.71. The Labute approximate surface area is 146 Å². The number of sulfonamides is 1. The van der Waals surface area contributed by atoms with Crippen molar-refractivity contribution in [1.29, 1.82) is 0 Å². The summed E-state index contributed by atoms with van der Waals surface area (Å²) in [6.45, 7) is 1.71. The molecule has 1 aromatic heterocycles. The predicted octanol–water partition coefficient (Wildman–Crippen LogP) is 2.51. The molecule has 2 heterocycles. The summed E-state index contributed by atoms with van der Waals surface area (Å²) in [5.74, 6) is -0.185. The number of rotatable bonds is 6. The second-order valence-electron chi connectivity index (χ2n) is 5.77. The van der Waals surface area contributed by atoms with Crippen LogP contribution in [0, 0.1) is 0 Å². The Balaban J connectivity index is 1.60. The van der Waals surface area contributed by atoms with Crippen molar-refractivity contribution in [2.24, 2.45) is 0 Å². The van der Waals surface area contributed by atoms with Crippen LogP contribution in [0.1, 0.15) is 28.8 Å². The van der Waals surface area contributed by atoms with Crippen LogP contribution >= 0.6 is 11.3 Å². The Morgan fingerprint density at radius 2 is 1.83 bits per heavy atom. The van der Waals surface area contributed by atoms with Crippen molar-refractivity contribution in [2.75, 3.05) is 19.6 Å². The fraction of sp³-hybridized carbons (Fsp3) is 0.353. The molecule has 1 aliphatic rings. The van der Waals surface area contributed by atoms with Crippen LogP contribution in [0.15, 0.2) is 46.0 Å². The molecule has 0 unspecified atom stereocenters. The van der Waals surface area contributed by atoms with E-state index in [0.29, 0.717) is 25.2 Å². The van der Waals surface area contributed by atoms with Crippen LogP contribution in [0.2, 0.25) is 0 Å². The molecule has 24 heavy (non-hydrogen) atoms. The maximum atomic E-state index is 12.4. The van der Waals surface area contributed by atoms with Gasteiger partial charge in [-0.25, -0.2) is 8.42 Å². The van der Waals surface area contributed by atoms with E-state index in [9.17, 15) is 13.2 Å². The Bertz CT molecular complexity index is 778. The summed E-state index contributed by atoms with van der Waals surface area (Å²) < 4.78 is 26.4. The van der Waals surface area contributed by atoms with Gasteiger partial charge < -0.3 is 5.32 Å². The van der Waals surface area contributed by atoms with Crippen molar-refractivity contribution < 1.29 is 13.2 Å². The molecule has 7 heteroatoms. The first-order chi connectivity index (χ1) is 11.6. The van der Waals surface area contributed by atoms with Crippen LogP contribution in [0.4, 0.5) is 0 Å². The first-order valence-corrected chi connectivity index (χ1v) is 10.4. The molecule has 1 fully saturated rings. The minimum absolute atomic E-state index is 0.185. The van der Waals surface area contributed by atoms with Crippen molar-refractivity contribution in [3.63, 3.8) is 0 Å². The van der Waals surface area contributed by atoms with Crippen molar-refractivity contribution in [3.8, 4) is 0 Å². The minimum Gasteiger partial charge on any atom is -0.352 e. The predicted molar refractivity (Wildman–Crippen MR) is 94.8 cm³/mol. The zero-order valence-corrected chi connectivity index (χ0v) is 14.9. The average Bonchev–Trinajstić information content (AvgIpc) is 3.29. The topological polar surface area (TPSA) is 66.5 Å². The summed E-state index contributed by atoms with van der Waals surface area (Å²) >= 11 is 1.64. The Hall–Kier alpha value is -1.70. The van der Waals surface area contributed by atoms with E-state index in [0.717, 1.165) is 19.3 Å². The van der Waals surface area contributed by atoms with Crippen LogP contribution < -0.4 is 5.32 Å². The van der Waals surface area contributed by atoms with Crippen LogP contribution in [0.5, 0.6) is 0 Å².